The van der Waals surface area contributed by atoms with Crippen molar-refractivity contribution in [3.63, 3.8) is 0 Å². The molecule has 8 nitrogen and oxygen atoms in total. The number of fused-ring (bicyclic) bond motifs is 1. The van der Waals surface area contributed by atoms with Crippen LogP contribution in [0, 0.1) is 0 Å². The molecule has 2 heterocycles. The van der Waals surface area contributed by atoms with Gasteiger partial charge in [0, 0.05) is 43.8 Å². The summed E-state index contributed by atoms with van der Waals surface area (Å²) >= 11 is 0. The summed E-state index contributed by atoms with van der Waals surface area (Å²) in [6.45, 7) is 3.04. The third kappa shape index (κ3) is 5.27. The van der Waals surface area contributed by atoms with Crippen LogP contribution in [0.3, 0.4) is 0 Å². The Morgan fingerprint density at radius 2 is 1.60 bits per heavy atom. The monoisotopic (exact) mass is 488 g/mol. The zero-order chi connectivity index (χ0) is 24.3. The quantitative estimate of drug-likeness (QED) is 0.407. The van der Waals surface area contributed by atoms with E-state index in [0.29, 0.717) is 37.1 Å². The average molecular weight is 489 g/mol. The first kappa shape index (κ1) is 23.2. The second-order valence-electron chi connectivity index (χ2n) is 8.61. The van der Waals surface area contributed by atoms with Crippen LogP contribution in [0.1, 0.15) is 5.56 Å². The number of anilines is 3. The molecule has 180 valence electrons. The maximum Gasteiger partial charge on any atom is 0.243 e. The summed E-state index contributed by atoms with van der Waals surface area (Å²) in [7, 11) is -1.57. The summed E-state index contributed by atoms with van der Waals surface area (Å²) in [4.78, 5) is 11.7. The Labute approximate surface area is 205 Å². The molecule has 0 amide bonds. The number of benzene rings is 3. The molecule has 0 aliphatic carbocycles. The smallest absolute Gasteiger partial charge is 0.243 e. The van der Waals surface area contributed by atoms with Gasteiger partial charge in [-0.3, -0.25) is 0 Å². The van der Waals surface area contributed by atoms with Gasteiger partial charge in [-0.2, -0.15) is 9.29 Å². The minimum atomic E-state index is -3.57. The van der Waals surface area contributed by atoms with E-state index in [4.69, 9.17) is 4.98 Å². The lowest BCUT2D eigenvalue weighted by Crippen LogP contribution is -2.47. The summed E-state index contributed by atoms with van der Waals surface area (Å²) in [5.41, 5.74) is 2.55. The Bertz CT molecular complexity index is 1420. The minimum Gasteiger partial charge on any atom is -0.365 e. The number of rotatable bonds is 7. The van der Waals surface area contributed by atoms with Crippen molar-refractivity contribution in [2.75, 3.05) is 43.9 Å². The van der Waals surface area contributed by atoms with Crippen LogP contribution >= 0.6 is 0 Å². The summed E-state index contributed by atoms with van der Waals surface area (Å²) in [5.74, 6) is 1.11. The van der Waals surface area contributed by atoms with Gasteiger partial charge in [0.2, 0.25) is 16.0 Å². The van der Waals surface area contributed by atoms with Gasteiger partial charge in [-0.25, -0.2) is 13.4 Å². The lowest BCUT2D eigenvalue weighted by atomic mass is 10.2. The zero-order valence-corrected chi connectivity index (χ0v) is 20.4. The van der Waals surface area contributed by atoms with Crippen molar-refractivity contribution < 1.29 is 8.42 Å². The first-order valence-corrected chi connectivity index (χ1v) is 13.0. The van der Waals surface area contributed by atoms with Gasteiger partial charge in [0.05, 0.1) is 10.4 Å². The van der Waals surface area contributed by atoms with Crippen LogP contribution in [-0.2, 0) is 16.6 Å². The molecule has 1 fully saturated rings. The maximum atomic E-state index is 13.2. The molecule has 3 aromatic carbocycles. The highest BCUT2D eigenvalue weighted by Crippen LogP contribution is 2.26. The molecule has 2 N–H and O–H groups in total. The Morgan fingerprint density at radius 3 is 2.40 bits per heavy atom. The molecule has 9 heteroatoms. The average Bonchev–Trinajstić information content (AvgIpc) is 2.88. The van der Waals surface area contributed by atoms with E-state index in [1.54, 1.807) is 22.5 Å². The van der Waals surface area contributed by atoms with Crippen LogP contribution in [0.4, 0.5) is 17.5 Å². The predicted molar refractivity (Wildman–Crippen MR) is 139 cm³/mol. The Hall–Kier alpha value is -3.53. The van der Waals surface area contributed by atoms with E-state index in [-0.39, 0.29) is 4.90 Å². The molecule has 1 aromatic heterocycles. The number of para-hydroxylation sites is 1. The van der Waals surface area contributed by atoms with Gasteiger partial charge >= 0.3 is 0 Å². The molecule has 1 aliphatic heterocycles. The van der Waals surface area contributed by atoms with Gasteiger partial charge in [0.1, 0.15) is 5.82 Å². The highest BCUT2D eigenvalue weighted by molar-refractivity contribution is 7.89. The minimum absolute atomic E-state index is 0.260. The number of hydrogen-bond donors (Lipinski definition) is 2. The number of aromatic nitrogens is 2. The highest BCUT2D eigenvalue weighted by Gasteiger charge is 2.27. The Balaban J connectivity index is 1.40. The Kier molecular flexibility index (Phi) is 6.63. The predicted octanol–water partition coefficient (Wildman–Crippen LogP) is 3.92. The fraction of sp³-hybridized carbons (Fsp3) is 0.231. The van der Waals surface area contributed by atoms with Crippen molar-refractivity contribution in [2.45, 2.75) is 11.4 Å². The summed E-state index contributed by atoms with van der Waals surface area (Å²) in [5, 5.41) is 7.54. The van der Waals surface area contributed by atoms with Crippen molar-refractivity contribution >= 4 is 38.4 Å². The maximum absolute atomic E-state index is 13.2. The molecule has 0 spiro atoms. The molecular weight excluding hydrogens is 460 g/mol. The zero-order valence-electron chi connectivity index (χ0n) is 19.6. The SMILES string of the molecule is CN1CCN(S(=O)(=O)c2cccc(Nc3nc(NCc4ccccc4)c4ccccc4n3)c2)CC1. The molecule has 1 aliphatic rings. The van der Waals surface area contributed by atoms with Gasteiger partial charge in [-0.15, -0.1) is 0 Å². The van der Waals surface area contributed by atoms with E-state index in [0.717, 1.165) is 29.6 Å². The van der Waals surface area contributed by atoms with Crippen LogP contribution < -0.4 is 10.6 Å². The van der Waals surface area contributed by atoms with E-state index in [1.807, 2.05) is 55.6 Å². The molecule has 4 aromatic rings. The summed E-state index contributed by atoms with van der Waals surface area (Å²) in [6, 6.07) is 24.8. The van der Waals surface area contributed by atoms with Crippen molar-refractivity contribution in [1.82, 2.24) is 19.2 Å². The third-order valence-corrected chi connectivity index (χ3v) is 7.99. The number of nitrogens with zero attached hydrogens (tertiary/aromatic N) is 4. The molecule has 1 saturated heterocycles. The second kappa shape index (κ2) is 9.99. The number of likely N-dealkylation sites (N-methyl/N-ethyl adjacent to an activating group) is 1. The molecule has 0 bridgehead atoms. The number of hydrogen-bond acceptors (Lipinski definition) is 7. The van der Waals surface area contributed by atoms with Crippen molar-refractivity contribution in [3.05, 3.63) is 84.4 Å². The molecular formula is C26H28N6O2S. The fourth-order valence-corrected chi connectivity index (χ4v) is 5.56. The molecule has 0 unspecified atom stereocenters. The van der Waals surface area contributed by atoms with E-state index >= 15 is 0 Å². The van der Waals surface area contributed by atoms with E-state index in [1.165, 1.54) is 0 Å². The van der Waals surface area contributed by atoms with Crippen molar-refractivity contribution in [1.29, 1.82) is 0 Å². The summed E-state index contributed by atoms with van der Waals surface area (Å²) in [6.07, 6.45) is 0. The largest absolute Gasteiger partial charge is 0.365 e. The third-order valence-electron chi connectivity index (χ3n) is 6.10. The molecule has 35 heavy (non-hydrogen) atoms. The Morgan fingerprint density at radius 1 is 0.857 bits per heavy atom. The van der Waals surface area contributed by atoms with Crippen LogP contribution in [-0.4, -0.2) is 60.8 Å². The first-order chi connectivity index (χ1) is 17.0. The van der Waals surface area contributed by atoms with Gasteiger partial charge < -0.3 is 15.5 Å². The van der Waals surface area contributed by atoms with Crippen molar-refractivity contribution in [3.8, 4) is 0 Å². The molecule has 0 atom stereocenters. The second-order valence-corrected chi connectivity index (χ2v) is 10.6. The van der Waals surface area contributed by atoms with Crippen LogP contribution in [0.15, 0.2) is 83.8 Å². The van der Waals surface area contributed by atoms with Crippen LogP contribution in [0.25, 0.3) is 10.9 Å². The number of piperazine rings is 1. The van der Waals surface area contributed by atoms with E-state index in [9.17, 15) is 8.42 Å². The molecule has 0 saturated carbocycles. The van der Waals surface area contributed by atoms with Gasteiger partial charge in [-0.05, 0) is 42.9 Å². The van der Waals surface area contributed by atoms with Gasteiger partial charge in [-0.1, -0.05) is 48.5 Å². The first-order valence-electron chi connectivity index (χ1n) is 11.6. The number of nitrogens with one attached hydrogen (secondary N) is 2. The standard InChI is InChI=1S/C26H28N6O2S/c1-31-14-16-32(17-15-31)35(33,34)22-11-7-10-21(18-22)28-26-29-24-13-6-5-12-23(24)25(30-26)27-19-20-8-3-2-4-9-20/h2-13,18H,14-17,19H2,1H3,(H2,27,28,29,30). The fourth-order valence-electron chi connectivity index (χ4n) is 4.09. The van der Waals surface area contributed by atoms with Gasteiger partial charge in [0.25, 0.3) is 0 Å². The topological polar surface area (TPSA) is 90.5 Å². The van der Waals surface area contributed by atoms with E-state index in [2.05, 4.69) is 32.7 Å². The lowest BCUT2D eigenvalue weighted by Gasteiger charge is -2.31. The molecule has 0 radical (unpaired) electrons. The van der Waals surface area contributed by atoms with E-state index < -0.39 is 10.0 Å². The molecule has 5 rings (SSSR count). The highest BCUT2D eigenvalue weighted by atomic mass is 32.2. The van der Waals surface area contributed by atoms with Crippen molar-refractivity contribution in [2.24, 2.45) is 0 Å². The van der Waals surface area contributed by atoms with Crippen LogP contribution in [0.2, 0.25) is 0 Å². The van der Waals surface area contributed by atoms with Crippen LogP contribution in [0.5, 0.6) is 0 Å². The lowest BCUT2D eigenvalue weighted by molar-refractivity contribution is 0.222. The number of sulfonamides is 1. The normalized spacial score (nSPS) is 15.2. The summed E-state index contributed by atoms with van der Waals surface area (Å²) < 4.78 is 27.9. The van der Waals surface area contributed by atoms with Gasteiger partial charge in [0.15, 0.2) is 0 Å².